The van der Waals surface area contributed by atoms with E-state index < -0.39 is 17.7 Å². The van der Waals surface area contributed by atoms with Gasteiger partial charge in [-0.1, -0.05) is 12.1 Å². The van der Waals surface area contributed by atoms with Gasteiger partial charge in [0.1, 0.15) is 17.2 Å². The Hall–Kier alpha value is -3.62. The maximum absolute atomic E-state index is 13.4. The monoisotopic (exact) mass is 425 g/mol. The first kappa shape index (κ1) is 19.3. The van der Waals surface area contributed by atoms with Gasteiger partial charge in [0.25, 0.3) is 0 Å². The summed E-state index contributed by atoms with van der Waals surface area (Å²) >= 11 is 0. The van der Waals surface area contributed by atoms with Crippen LogP contribution in [0.15, 0.2) is 55.0 Å². The minimum atomic E-state index is -4.41. The summed E-state index contributed by atoms with van der Waals surface area (Å²) in [7, 11) is 0. The second-order valence-electron chi connectivity index (χ2n) is 7.82. The van der Waals surface area contributed by atoms with E-state index in [9.17, 15) is 18.0 Å². The van der Waals surface area contributed by atoms with E-state index in [0.29, 0.717) is 34.7 Å². The van der Waals surface area contributed by atoms with Gasteiger partial charge in [-0.3, -0.25) is 9.48 Å². The summed E-state index contributed by atoms with van der Waals surface area (Å²) in [6, 6.07) is 8.41. The van der Waals surface area contributed by atoms with Crippen LogP contribution < -0.4 is 5.73 Å². The van der Waals surface area contributed by atoms with Gasteiger partial charge in [-0.25, -0.2) is 4.98 Å². The van der Waals surface area contributed by atoms with Crippen LogP contribution >= 0.6 is 0 Å². The third kappa shape index (κ3) is 3.17. The van der Waals surface area contributed by atoms with Crippen molar-refractivity contribution in [3.8, 4) is 11.1 Å². The number of aromatic nitrogens is 4. The number of imidazole rings is 1. The van der Waals surface area contributed by atoms with Gasteiger partial charge in [0.15, 0.2) is 5.78 Å². The predicted molar refractivity (Wildman–Crippen MR) is 109 cm³/mol. The zero-order valence-electron chi connectivity index (χ0n) is 16.5. The number of benzene rings is 1. The molecule has 2 N–H and O–H groups in total. The molecule has 1 aliphatic rings. The Labute approximate surface area is 175 Å². The number of hydrogen-bond donors (Lipinski definition) is 1. The average Bonchev–Trinajstić information content (AvgIpc) is 3.33. The van der Waals surface area contributed by atoms with Crippen LogP contribution in [0.25, 0.3) is 16.8 Å². The lowest BCUT2D eigenvalue weighted by Crippen LogP contribution is -2.28. The second kappa shape index (κ2) is 6.69. The topological polar surface area (TPSA) is 78.2 Å². The van der Waals surface area contributed by atoms with E-state index in [1.54, 1.807) is 27.5 Å². The van der Waals surface area contributed by atoms with Gasteiger partial charge < -0.3 is 10.1 Å². The Balaban J connectivity index is 1.56. The number of fused-ring (bicyclic) bond motifs is 2. The molecule has 0 fully saturated rings. The summed E-state index contributed by atoms with van der Waals surface area (Å²) in [6.07, 6.45) is 1.22. The van der Waals surface area contributed by atoms with Crippen LogP contribution in [0.4, 0.5) is 19.0 Å². The van der Waals surface area contributed by atoms with Crippen molar-refractivity contribution < 1.29 is 18.0 Å². The van der Waals surface area contributed by atoms with Crippen molar-refractivity contribution >= 4 is 17.2 Å². The third-order valence-corrected chi connectivity index (χ3v) is 5.76. The summed E-state index contributed by atoms with van der Waals surface area (Å²) in [6.45, 7) is 1.95. The largest absolute Gasteiger partial charge is 0.416 e. The first-order chi connectivity index (χ1) is 14.7. The normalized spacial score (nSPS) is 19.0. The highest BCUT2D eigenvalue weighted by atomic mass is 19.4. The molecule has 2 atom stereocenters. The number of nitrogens with zero attached hydrogens (tertiary/aromatic N) is 4. The summed E-state index contributed by atoms with van der Waals surface area (Å²) in [4.78, 5) is 17.6. The van der Waals surface area contributed by atoms with Crippen molar-refractivity contribution in [2.45, 2.75) is 31.5 Å². The molecule has 1 unspecified atom stereocenters. The molecule has 31 heavy (non-hydrogen) atoms. The summed E-state index contributed by atoms with van der Waals surface area (Å²) < 4.78 is 42.2. The smallest absolute Gasteiger partial charge is 0.382 e. The second-order valence-corrected chi connectivity index (χ2v) is 7.82. The maximum Gasteiger partial charge on any atom is 0.416 e. The molecule has 6 nitrogen and oxygen atoms in total. The fraction of sp³-hybridized carbons (Fsp3) is 0.227. The van der Waals surface area contributed by atoms with Crippen LogP contribution in [0.1, 0.15) is 46.9 Å². The van der Waals surface area contributed by atoms with Crippen molar-refractivity contribution in [3.63, 3.8) is 0 Å². The number of pyridine rings is 1. The van der Waals surface area contributed by atoms with E-state index in [0.717, 1.165) is 17.7 Å². The van der Waals surface area contributed by atoms with Gasteiger partial charge in [-0.15, -0.1) is 0 Å². The van der Waals surface area contributed by atoms with Crippen LogP contribution in [0.3, 0.4) is 0 Å². The number of halogens is 3. The number of nitrogen functional groups attached to an aromatic ring is 1. The number of anilines is 1. The number of nitrogens with two attached hydrogens (primary N) is 1. The Morgan fingerprint density at radius 1 is 1.10 bits per heavy atom. The molecular formula is C22H18F3N5O. The van der Waals surface area contributed by atoms with Crippen molar-refractivity contribution in [2.24, 2.45) is 0 Å². The molecule has 0 spiro atoms. The lowest BCUT2D eigenvalue weighted by Gasteiger charge is -2.28. The average molecular weight is 425 g/mol. The fourth-order valence-electron chi connectivity index (χ4n) is 4.23. The van der Waals surface area contributed by atoms with Crippen LogP contribution in [0.5, 0.6) is 0 Å². The number of hydrogen-bond acceptors (Lipinski definition) is 4. The Morgan fingerprint density at radius 3 is 2.55 bits per heavy atom. The van der Waals surface area contributed by atoms with Crippen LogP contribution in [0, 0.1) is 0 Å². The quantitative estimate of drug-likeness (QED) is 0.504. The molecule has 9 heteroatoms. The van der Waals surface area contributed by atoms with E-state index in [1.165, 1.54) is 12.1 Å². The van der Waals surface area contributed by atoms with Crippen molar-refractivity contribution in [1.29, 1.82) is 0 Å². The van der Waals surface area contributed by atoms with E-state index in [-0.39, 0.29) is 11.8 Å². The zero-order valence-corrected chi connectivity index (χ0v) is 16.5. The molecule has 0 bridgehead atoms. The van der Waals surface area contributed by atoms with Crippen LogP contribution in [0.2, 0.25) is 0 Å². The summed E-state index contributed by atoms with van der Waals surface area (Å²) in [5, 5.41) is 4.42. The summed E-state index contributed by atoms with van der Waals surface area (Å²) in [5.74, 6) is -0.301. The molecule has 158 valence electrons. The lowest BCUT2D eigenvalue weighted by atomic mass is 9.83. The maximum atomic E-state index is 13.4. The molecule has 3 aromatic heterocycles. The molecule has 1 aromatic carbocycles. The first-order valence-electron chi connectivity index (χ1n) is 9.76. The molecule has 0 aliphatic carbocycles. The van der Waals surface area contributed by atoms with Gasteiger partial charge in [0.05, 0.1) is 29.9 Å². The number of carbonyl (C=O) groups is 1. The number of rotatable bonds is 2. The van der Waals surface area contributed by atoms with E-state index in [2.05, 4.69) is 10.1 Å². The number of alkyl halides is 3. The first-order valence-corrected chi connectivity index (χ1v) is 9.76. The van der Waals surface area contributed by atoms with E-state index in [1.807, 2.05) is 19.2 Å². The molecule has 5 rings (SSSR count). The third-order valence-electron chi connectivity index (χ3n) is 5.76. The fourth-order valence-corrected chi connectivity index (χ4v) is 4.23. The minimum absolute atomic E-state index is 0.0821. The SMILES string of the molecule is C[C@H]1CC(c2ccc(C(F)(F)F)cc2)C(=O)c2c(-c3ccc4nc(N)cn4c3)cnn21. The van der Waals surface area contributed by atoms with Crippen LogP contribution in [-0.2, 0) is 6.18 Å². The molecule has 4 aromatic rings. The predicted octanol–water partition coefficient (Wildman–Crippen LogP) is 4.73. The highest BCUT2D eigenvalue weighted by Crippen LogP contribution is 2.40. The van der Waals surface area contributed by atoms with Gasteiger partial charge >= 0.3 is 6.18 Å². The molecule has 0 saturated heterocycles. The van der Waals surface area contributed by atoms with E-state index in [4.69, 9.17) is 5.73 Å². The van der Waals surface area contributed by atoms with Gasteiger partial charge in [0.2, 0.25) is 0 Å². The van der Waals surface area contributed by atoms with Crippen LogP contribution in [-0.4, -0.2) is 24.9 Å². The van der Waals surface area contributed by atoms with Crippen molar-refractivity contribution in [3.05, 3.63) is 71.8 Å². The molecule has 0 amide bonds. The van der Waals surface area contributed by atoms with E-state index >= 15 is 0 Å². The molecular weight excluding hydrogens is 407 g/mol. The minimum Gasteiger partial charge on any atom is -0.382 e. The highest BCUT2D eigenvalue weighted by Gasteiger charge is 2.37. The molecule has 4 heterocycles. The molecule has 0 saturated carbocycles. The number of Topliss-reactive ketones (excluding diaryl/α,β-unsaturated/α-hetero) is 1. The van der Waals surface area contributed by atoms with Crippen molar-refractivity contribution in [2.75, 3.05) is 5.73 Å². The Morgan fingerprint density at radius 2 is 1.84 bits per heavy atom. The molecule has 1 aliphatic heterocycles. The van der Waals surface area contributed by atoms with Gasteiger partial charge in [-0.05, 0) is 43.2 Å². The summed E-state index contributed by atoms with van der Waals surface area (Å²) in [5.41, 5.74) is 8.18. The Kier molecular flexibility index (Phi) is 4.18. The Bertz CT molecular complexity index is 1300. The highest BCUT2D eigenvalue weighted by molar-refractivity contribution is 6.05. The van der Waals surface area contributed by atoms with Gasteiger partial charge in [0, 0.05) is 17.3 Å². The lowest BCUT2D eigenvalue weighted by molar-refractivity contribution is -0.137. The van der Waals surface area contributed by atoms with Gasteiger partial charge in [-0.2, -0.15) is 18.3 Å². The molecule has 0 radical (unpaired) electrons. The zero-order chi connectivity index (χ0) is 21.9. The van der Waals surface area contributed by atoms with Crippen molar-refractivity contribution in [1.82, 2.24) is 19.2 Å². The standard InChI is InChI=1S/C22H18F3N5O/c1-12-8-16(13-2-5-15(6-3-13)22(23,24)25)21(31)20-17(9-27-30(12)20)14-4-7-19-28-18(26)11-29(19)10-14/h2-7,9-12,16H,8,26H2,1H3/t12-,16?/m0/s1. The number of ketones is 1. The number of carbonyl (C=O) groups excluding carboxylic acids is 1.